The van der Waals surface area contributed by atoms with Gasteiger partial charge in [0, 0.05) is 21.7 Å². The standard InChI is InChI=1S/C26H24ClN3O2S/c1-16-11-12-28-22(14-16)29-24(17-6-4-7-18(27)15-17)23-19-8-2-3-10-21(19)33-26(23)30-25(31)20-9-5-13-32-20/h4-7,9,11-15,24H,2-3,8,10H2,1H3,(H,28,29)(H,30,31). The molecule has 168 valence electrons. The molecule has 0 aliphatic heterocycles. The third-order valence-electron chi connectivity index (χ3n) is 5.86. The fourth-order valence-corrected chi connectivity index (χ4v) is 5.85. The minimum absolute atomic E-state index is 0.219. The van der Waals surface area contributed by atoms with Gasteiger partial charge in [-0.1, -0.05) is 23.7 Å². The largest absolute Gasteiger partial charge is 0.459 e. The molecule has 0 spiro atoms. The average molecular weight is 478 g/mol. The van der Waals surface area contributed by atoms with Crippen LogP contribution in [0.5, 0.6) is 0 Å². The molecule has 4 aromatic rings. The Hall–Kier alpha value is -3.09. The predicted octanol–water partition coefficient (Wildman–Crippen LogP) is 7.03. The summed E-state index contributed by atoms with van der Waals surface area (Å²) < 4.78 is 5.33. The molecule has 1 aromatic carbocycles. The Balaban J connectivity index is 1.62. The van der Waals surface area contributed by atoms with E-state index < -0.39 is 0 Å². The summed E-state index contributed by atoms with van der Waals surface area (Å²) in [7, 11) is 0. The molecule has 0 saturated carbocycles. The quantitative estimate of drug-likeness (QED) is 0.313. The van der Waals surface area contributed by atoms with Gasteiger partial charge in [-0.3, -0.25) is 4.79 Å². The monoisotopic (exact) mass is 477 g/mol. The highest BCUT2D eigenvalue weighted by atomic mass is 35.5. The van der Waals surface area contributed by atoms with E-state index in [-0.39, 0.29) is 11.9 Å². The minimum Gasteiger partial charge on any atom is -0.459 e. The fraction of sp³-hybridized carbons (Fsp3) is 0.231. The van der Waals surface area contributed by atoms with E-state index in [4.69, 9.17) is 16.0 Å². The van der Waals surface area contributed by atoms with E-state index in [2.05, 4.69) is 21.7 Å². The topological polar surface area (TPSA) is 67.2 Å². The number of rotatable bonds is 6. The number of nitrogens with zero attached hydrogens (tertiary/aromatic N) is 1. The zero-order valence-corrected chi connectivity index (χ0v) is 19.8. The Morgan fingerprint density at radius 2 is 2.03 bits per heavy atom. The third kappa shape index (κ3) is 4.68. The number of hydrogen-bond acceptors (Lipinski definition) is 5. The summed E-state index contributed by atoms with van der Waals surface area (Å²) in [5.74, 6) is 0.817. The molecule has 1 atom stereocenters. The molecule has 1 unspecified atom stereocenters. The Labute approximate surface area is 201 Å². The van der Waals surface area contributed by atoms with Crippen LogP contribution in [0.25, 0.3) is 0 Å². The molecule has 0 saturated heterocycles. The van der Waals surface area contributed by atoms with Crippen LogP contribution >= 0.6 is 22.9 Å². The van der Waals surface area contributed by atoms with E-state index in [1.165, 1.54) is 16.7 Å². The van der Waals surface area contributed by atoms with E-state index in [0.29, 0.717) is 10.8 Å². The molecule has 1 aliphatic carbocycles. The van der Waals surface area contributed by atoms with Crippen LogP contribution in [0.4, 0.5) is 10.8 Å². The Bertz CT molecular complexity index is 1280. The minimum atomic E-state index is -0.252. The van der Waals surface area contributed by atoms with Gasteiger partial charge in [0.2, 0.25) is 0 Å². The summed E-state index contributed by atoms with van der Waals surface area (Å²) in [4.78, 5) is 18.8. The highest BCUT2D eigenvalue weighted by Crippen LogP contribution is 2.44. The number of pyridine rings is 1. The molecule has 3 heterocycles. The maximum Gasteiger partial charge on any atom is 0.291 e. The summed E-state index contributed by atoms with van der Waals surface area (Å²) in [5, 5.41) is 8.26. The molecule has 5 nitrogen and oxygen atoms in total. The van der Waals surface area contributed by atoms with Crippen LogP contribution in [0.3, 0.4) is 0 Å². The SMILES string of the molecule is Cc1ccnc(NC(c2cccc(Cl)c2)c2c(NC(=O)c3ccco3)sc3c2CCCC3)c1. The summed E-state index contributed by atoms with van der Waals surface area (Å²) in [6.45, 7) is 2.04. The molecule has 3 aromatic heterocycles. The first-order chi connectivity index (χ1) is 16.1. The number of halogens is 1. The van der Waals surface area contributed by atoms with Gasteiger partial charge in [0.1, 0.15) is 10.8 Å². The average Bonchev–Trinajstić information content (AvgIpc) is 3.46. The number of furan rings is 1. The van der Waals surface area contributed by atoms with Crippen molar-refractivity contribution in [3.05, 3.63) is 98.9 Å². The number of nitrogens with one attached hydrogen (secondary N) is 2. The van der Waals surface area contributed by atoms with Gasteiger partial charge in [0.15, 0.2) is 5.76 Å². The van der Waals surface area contributed by atoms with E-state index in [0.717, 1.165) is 53.2 Å². The summed E-state index contributed by atoms with van der Waals surface area (Å²) >= 11 is 8.05. The van der Waals surface area contributed by atoms with Crippen molar-refractivity contribution in [2.24, 2.45) is 0 Å². The zero-order chi connectivity index (χ0) is 22.8. The first-order valence-electron chi connectivity index (χ1n) is 11.0. The number of aryl methyl sites for hydroxylation is 2. The Morgan fingerprint density at radius 1 is 1.15 bits per heavy atom. The highest BCUT2D eigenvalue weighted by molar-refractivity contribution is 7.16. The lowest BCUT2D eigenvalue weighted by Crippen LogP contribution is -2.19. The number of carbonyl (C=O) groups excluding carboxylic acids is 1. The molecule has 5 rings (SSSR count). The van der Waals surface area contributed by atoms with Gasteiger partial charge < -0.3 is 15.1 Å². The predicted molar refractivity (Wildman–Crippen MR) is 134 cm³/mol. The lowest BCUT2D eigenvalue weighted by atomic mass is 9.89. The number of aromatic nitrogens is 1. The normalized spacial score (nSPS) is 13.9. The molecule has 1 amide bonds. The highest BCUT2D eigenvalue weighted by Gasteiger charge is 2.29. The summed E-state index contributed by atoms with van der Waals surface area (Å²) in [6, 6.07) is 15.0. The van der Waals surface area contributed by atoms with E-state index in [1.807, 2.05) is 37.3 Å². The second kappa shape index (κ2) is 9.41. The molecule has 0 fully saturated rings. The van der Waals surface area contributed by atoms with E-state index >= 15 is 0 Å². The lowest BCUT2D eigenvalue weighted by Gasteiger charge is -2.24. The third-order valence-corrected chi connectivity index (χ3v) is 7.32. The van der Waals surface area contributed by atoms with Crippen LogP contribution in [-0.2, 0) is 12.8 Å². The van der Waals surface area contributed by atoms with Crippen LogP contribution in [0, 0.1) is 6.92 Å². The van der Waals surface area contributed by atoms with Crippen molar-refractivity contribution in [2.75, 3.05) is 10.6 Å². The molecular formula is C26H24ClN3O2S. The van der Waals surface area contributed by atoms with Gasteiger partial charge in [-0.05, 0) is 85.7 Å². The molecule has 1 aliphatic rings. The van der Waals surface area contributed by atoms with Crippen LogP contribution < -0.4 is 10.6 Å². The maximum atomic E-state index is 12.9. The van der Waals surface area contributed by atoms with Gasteiger partial charge in [0.05, 0.1) is 12.3 Å². The number of fused-ring (bicyclic) bond motifs is 1. The Kier molecular flexibility index (Phi) is 6.20. The van der Waals surface area contributed by atoms with Gasteiger partial charge in [-0.2, -0.15) is 0 Å². The molecule has 33 heavy (non-hydrogen) atoms. The lowest BCUT2D eigenvalue weighted by molar-refractivity contribution is 0.0997. The molecule has 0 bridgehead atoms. The molecule has 7 heteroatoms. The summed E-state index contributed by atoms with van der Waals surface area (Å²) in [5.41, 5.74) is 4.54. The second-order valence-corrected chi connectivity index (χ2v) is 9.78. The molecule has 2 N–H and O–H groups in total. The first-order valence-corrected chi connectivity index (χ1v) is 12.2. The van der Waals surface area contributed by atoms with E-state index in [1.54, 1.807) is 29.7 Å². The number of benzene rings is 1. The van der Waals surface area contributed by atoms with Crippen molar-refractivity contribution in [1.82, 2.24) is 4.98 Å². The van der Waals surface area contributed by atoms with Crippen molar-refractivity contribution in [3.8, 4) is 0 Å². The maximum absolute atomic E-state index is 12.9. The number of amides is 1. The van der Waals surface area contributed by atoms with Crippen LogP contribution in [-0.4, -0.2) is 10.9 Å². The van der Waals surface area contributed by atoms with Gasteiger partial charge >= 0.3 is 0 Å². The fourth-order valence-electron chi connectivity index (χ4n) is 4.33. The Morgan fingerprint density at radius 3 is 2.82 bits per heavy atom. The van der Waals surface area contributed by atoms with E-state index in [9.17, 15) is 4.79 Å². The van der Waals surface area contributed by atoms with Gasteiger partial charge in [0.25, 0.3) is 5.91 Å². The zero-order valence-electron chi connectivity index (χ0n) is 18.2. The van der Waals surface area contributed by atoms with Crippen molar-refractivity contribution in [2.45, 2.75) is 38.6 Å². The number of carbonyl (C=O) groups is 1. The first kappa shape index (κ1) is 21.7. The second-order valence-electron chi connectivity index (χ2n) is 8.24. The molecule has 0 radical (unpaired) electrons. The molecular weight excluding hydrogens is 454 g/mol. The van der Waals surface area contributed by atoms with Crippen molar-refractivity contribution in [3.63, 3.8) is 0 Å². The van der Waals surface area contributed by atoms with Crippen LogP contribution in [0.15, 0.2) is 65.4 Å². The van der Waals surface area contributed by atoms with Crippen LogP contribution in [0.1, 0.15) is 56.6 Å². The number of thiophene rings is 1. The smallest absolute Gasteiger partial charge is 0.291 e. The van der Waals surface area contributed by atoms with Gasteiger partial charge in [-0.25, -0.2) is 4.98 Å². The number of anilines is 2. The number of hydrogen-bond donors (Lipinski definition) is 2. The van der Waals surface area contributed by atoms with Crippen molar-refractivity contribution < 1.29 is 9.21 Å². The van der Waals surface area contributed by atoms with Gasteiger partial charge in [-0.15, -0.1) is 11.3 Å². The summed E-state index contributed by atoms with van der Waals surface area (Å²) in [6.07, 6.45) is 7.61. The van der Waals surface area contributed by atoms with Crippen molar-refractivity contribution >= 4 is 39.7 Å². The van der Waals surface area contributed by atoms with Crippen LogP contribution in [0.2, 0.25) is 5.02 Å². The van der Waals surface area contributed by atoms with Crippen molar-refractivity contribution in [1.29, 1.82) is 0 Å².